The van der Waals surface area contributed by atoms with Crippen LogP contribution in [0.3, 0.4) is 0 Å². The third-order valence-electron chi connectivity index (χ3n) is 3.71. The number of carbonyl (C=O) groups excluding carboxylic acids is 1. The summed E-state index contributed by atoms with van der Waals surface area (Å²) in [5, 5.41) is 20.4. The van der Waals surface area contributed by atoms with Gasteiger partial charge in [-0.25, -0.2) is 4.79 Å². The summed E-state index contributed by atoms with van der Waals surface area (Å²) < 4.78 is 0. The highest BCUT2D eigenvalue weighted by molar-refractivity contribution is 5.90. The number of rotatable bonds is 3. The standard InChI is InChI=1S/C15H17N3O3/c1-10-8-18(9-13(10)14(19)20)15(21)17-12-4-2-11(3-5-12)6-7-16/h2-5,10,13H,6,8-9H2,1H3,(H,17,21)(H,19,20). The topological polar surface area (TPSA) is 93.4 Å². The van der Waals surface area contributed by atoms with Crippen LogP contribution in [0.1, 0.15) is 12.5 Å². The van der Waals surface area contributed by atoms with Gasteiger partial charge in [-0.15, -0.1) is 0 Å². The Morgan fingerprint density at radius 3 is 2.57 bits per heavy atom. The predicted molar refractivity (Wildman–Crippen MR) is 76.6 cm³/mol. The highest BCUT2D eigenvalue weighted by Crippen LogP contribution is 2.24. The summed E-state index contributed by atoms with van der Waals surface area (Å²) >= 11 is 0. The van der Waals surface area contributed by atoms with E-state index in [-0.39, 0.29) is 18.5 Å². The van der Waals surface area contributed by atoms with Gasteiger partial charge in [-0.3, -0.25) is 4.79 Å². The number of urea groups is 1. The molecular formula is C15H17N3O3. The fourth-order valence-electron chi connectivity index (χ4n) is 2.45. The molecule has 6 heteroatoms. The first-order chi connectivity index (χ1) is 10.0. The van der Waals surface area contributed by atoms with Crippen molar-refractivity contribution in [1.82, 2.24) is 4.90 Å². The molecule has 2 N–H and O–H groups in total. The highest BCUT2D eigenvalue weighted by Gasteiger charge is 2.36. The second kappa shape index (κ2) is 6.27. The summed E-state index contributed by atoms with van der Waals surface area (Å²) in [7, 11) is 0. The van der Waals surface area contributed by atoms with E-state index in [0.29, 0.717) is 18.7 Å². The molecule has 1 aliphatic rings. The SMILES string of the molecule is CC1CN(C(=O)Nc2ccc(CC#N)cc2)CC1C(=O)O. The maximum atomic E-state index is 12.1. The first kappa shape index (κ1) is 14.9. The molecule has 1 fully saturated rings. The van der Waals surface area contributed by atoms with Gasteiger partial charge < -0.3 is 15.3 Å². The van der Waals surface area contributed by atoms with Crippen molar-refractivity contribution in [2.75, 3.05) is 18.4 Å². The maximum absolute atomic E-state index is 12.1. The molecule has 1 saturated heterocycles. The van der Waals surface area contributed by atoms with Gasteiger partial charge in [0.15, 0.2) is 0 Å². The number of amides is 2. The molecule has 21 heavy (non-hydrogen) atoms. The largest absolute Gasteiger partial charge is 0.481 e. The molecule has 0 bridgehead atoms. The Hall–Kier alpha value is -2.55. The number of carboxylic acids is 1. The molecule has 2 atom stereocenters. The van der Waals surface area contributed by atoms with E-state index in [1.165, 1.54) is 4.90 Å². The van der Waals surface area contributed by atoms with Crippen molar-refractivity contribution in [2.24, 2.45) is 11.8 Å². The van der Waals surface area contributed by atoms with E-state index in [9.17, 15) is 9.59 Å². The summed E-state index contributed by atoms with van der Waals surface area (Å²) in [4.78, 5) is 24.7. The maximum Gasteiger partial charge on any atom is 0.321 e. The number of hydrogen-bond acceptors (Lipinski definition) is 3. The molecule has 1 heterocycles. The van der Waals surface area contributed by atoms with Crippen LogP contribution in [0.2, 0.25) is 0 Å². The van der Waals surface area contributed by atoms with Crippen LogP contribution in [0, 0.1) is 23.2 Å². The van der Waals surface area contributed by atoms with Crippen molar-refractivity contribution in [3.63, 3.8) is 0 Å². The minimum atomic E-state index is -0.862. The molecule has 1 aliphatic heterocycles. The molecule has 0 radical (unpaired) electrons. The molecule has 0 aliphatic carbocycles. The first-order valence-corrected chi connectivity index (χ1v) is 6.76. The third-order valence-corrected chi connectivity index (χ3v) is 3.71. The molecule has 0 aromatic heterocycles. The number of nitrogens with zero attached hydrogens (tertiary/aromatic N) is 2. The fourth-order valence-corrected chi connectivity index (χ4v) is 2.45. The lowest BCUT2D eigenvalue weighted by atomic mass is 9.99. The average molecular weight is 287 g/mol. The monoisotopic (exact) mass is 287 g/mol. The van der Waals surface area contributed by atoms with Gasteiger partial charge in [0.25, 0.3) is 0 Å². The van der Waals surface area contributed by atoms with E-state index < -0.39 is 11.9 Å². The second-order valence-electron chi connectivity index (χ2n) is 5.29. The van der Waals surface area contributed by atoms with Crippen LogP contribution in [0.5, 0.6) is 0 Å². The predicted octanol–water partition coefficient (Wildman–Crippen LogP) is 1.94. The van der Waals surface area contributed by atoms with Crippen LogP contribution in [0.25, 0.3) is 0 Å². The van der Waals surface area contributed by atoms with Gasteiger partial charge in [0, 0.05) is 18.8 Å². The van der Waals surface area contributed by atoms with Crippen LogP contribution in [0.4, 0.5) is 10.5 Å². The Bertz CT molecular complexity index is 577. The lowest BCUT2D eigenvalue weighted by Gasteiger charge is -2.17. The van der Waals surface area contributed by atoms with E-state index >= 15 is 0 Å². The molecule has 2 unspecified atom stereocenters. The van der Waals surface area contributed by atoms with E-state index in [1.807, 2.05) is 6.92 Å². The lowest BCUT2D eigenvalue weighted by molar-refractivity contribution is -0.142. The molecule has 1 aromatic carbocycles. The van der Waals surface area contributed by atoms with Crippen LogP contribution in [0.15, 0.2) is 24.3 Å². The van der Waals surface area contributed by atoms with Crippen LogP contribution in [-0.2, 0) is 11.2 Å². The summed E-state index contributed by atoms with van der Waals surface area (Å²) in [5.41, 5.74) is 1.52. The average Bonchev–Trinajstić information content (AvgIpc) is 2.84. The minimum absolute atomic E-state index is 0.0498. The molecule has 2 amide bonds. The van der Waals surface area contributed by atoms with E-state index in [2.05, 4.69) is 11.4 Å². The number of carboxylic acid groups (broad SMARTS) is 1. The number of benzene rings is 1. The van der Waals surface area contributed by atoms with Crippen LogP contribution >= 0.6 is 0 Å². The normalized spacial score (nSPS) is 20.9. The molecule has 0 spiro atoms. The minimum Gasteiger partial charge on any atom is -0.481 e. The van der Waals surface area contributed by atoms with Crippen molar-refractivity contribution in [2.45, 2.75) is 13.3 Å². The van der Waals surface area contributed by atoms with Crippen molar-refractivity contribution in [1.29, 1.82) is 5.26 Å². The number of nitriles is 1. The van der Waals surface area contributed by atoms with Crippen molar-refractivity contribution < 1.29 is 14.7 Å². The van der Waals surface area contributed by atoms with Gasteiger partial charge in [-0.1, -0.05) is 19.1 Å². The zero-order chi connectivity index (χ0) is 15.4. The Labute approximate surface area is 123 Å². The van der Waals surface area contributed by atoms with E-state index in [0.717, 1.165) is 5.56 Å². The number of likely N-dealkylation sites (tertiary alicyclic amines) is 1. The van der Waals surface area contributed by atoms with Gasteiger partial charge in [-0.05, 0) is 23.6 Å². The molecule has 110 valence electrons. The number of nitrogens with one attached hydrogen (secondary N) is 1. The van der Waals surface area contributed by atoms with Crippen molar-refractivity contribution in [3.05, 3.63) is 29.8 Å². The quantitative estimate of drug-likeness (QED) is 0.888. The fraction of sp³-hybridized carbons (Fsp3) is 0.400. The van der Waals surface area contributed by atoms with Gasteiger partial charge in [-0.2, -0.15) is 5.26 Å². The Kier molecular flexibility index (Phi) is 4.43. The van der Waals surface area contributed by atoms with Gasteiger partial charge >= 0.3 is 12.0 Å². The smallest absolute Gasteiger partial charge is 0.321 e. The van der Waals surface area contributed by atoms with E-state index in [1.54, 1.807) is 24.3 Å². The van der Waals surface area contributed by atoms with Crippen LogP contribution < -0.4 is 5.32 Å². The Morgan fingerprint density at radius 2 is 2.05 bits per heavy atom. The Balaban J connectivity index is 1.96. The van der Waals surface area contributed by atoms with Crippen molar-refractivity contribution >= 4 is 17.7 Å². The molecular weight excluding hydrogens is 270 g/mol. The molecule has 6 nitrogen and oxygen atoms in total. The van der Waals surface area contributed by atoms with Gasteiger partial charge in [0.2, 0.25) is 0 Å². The van der Waals surface area contributed by atoms with Gasteiger partial charge in [0.05, 0.1) is 18.4 Å². The lowest BCUT2D eigenvalue weighted by Crippen LogP contribution is -2.33. The molecule has 2 rings (SSSR count). The summed E-state index contributed by atoms with van der Waals surface area (Å²) in [5.74, 6) is -1.42. The summed E-state index contributed by atoms with van der Waals surface area (Å²) in [6.45, 7) is 2.51. The number of carbonyl (C=O) groups is 2. The van der Waals surface area contributed by atoms with Crippen molar-refractivity contribution in [3.8, 4) is 6.07 Å². The van der Waals surface area contributed by atoms with Crippen LogP contribution in [-0.4, -0.2) is 35.1 Å². The van der Waals surface area contributed by atoms with E-state index in [4.69, 9.17) is 10.4 Å². The number of anilines is 1. The Morgan fingerprint density at radius 1 is 1.38 bits per heavy atom. The molecule has 1 aromatic rings. The summed E-state index contributed by atoms with van der Waals surface area (Å²) in [6.07, 6.45) is 0.332. The van der Waals surface area contributed by atoms with Gasteiger partial charge in [0.1, 0.15) is 0 Å². The third kappa shape index (κ3) is 3.51. The summed E-state index contributed by atoms with van der Waals surface area (Å²) in [6, 6.07) is 8.80. The zero-order valence-electron chi connectivity index (χ0n) is 11.7. The highest BCUT2D eigenvalue weighted by atomic mass is 16.4. The molecule has 0 saturated carbocycles. The second-order valence-corrected chi connectivity index (χ2v) is 5.29. The number of aliphatic carboxylic acids is 1. The first-order valence-electron chi connectivity index (χ1n) is 6.76. The zero-order valence-corrected chi connectivity index (χ0v) is 11.7. The number of hydrogen-bond donors (Lipinski definition) is 2.